The van der Waals surface area contributed by atoms with E-state index in [9.17, 15) is 0 Å². The zero-order valence-electron chi connectivity index (χ0n) is 12.8. The molecule has 1 aromatic heterocycles. The number of unbranched alkanes of at least 4 members (excludes halogenated alkanes) is 1. The van der Waals surface area contributed by atoms with E-state index >= 15 is 0 Å². The van der Waals surface area contributed by atoms with Gasteiger partial charge in [-0.05, 0) is 24.6 Å². The van der Waals surface area contributed by atoms with Crippen molar-refractivity contribution in [1.29, 1.82) is 0 Å². The van der Waals surface area contributed by atoms with Crippen molar-refractivity contribution in [2.24, 2.45) is 0 Å². The van der Waals surface area contributed by atoms with Crippen molar-refractivity contribution in [3.63, 3.8) is 0 Å². The highest BCUT2D eigenvalue weighted by molar-refractivity contribution is 5.57. The molecule has 0 aliphatic carbocycles. The molecule has 0 bridgehead atoms. The lowest BCUT2D eigenvalue weighted by Gasteiger charge is -2.18. The second-order valence-electron chi connectivity index (χ2n) is 4.87. The van der Waals surface area contributed by atoms with Crippen molar-refractivity contribution in [3.8, 4) is 5.75 Å². The smallest absolute Gasteiger partial charge is 0.229 e. The summed E-state index contributed by atoms with van der Waals surface area (Å²) in [7, 11) is 3.70. The molecule has 2 aromatic rings. The maximum Gasteiger partial charge on any atom is 0.229 e. The highest BCUT2D eigenvalue weighted by atomic mass is 16.5. The number of anilines is 3. The molecule has 0 fully saturated rings. The summed E-state index contributed by atoms with van der Waals surface area (Å²) in [5, 5.41) is 3.20. The standard InChI is InChI=1S/C16H22N4O/c1-4-5-11-20(2)15-9-10-17-16(19-15)18-13-7-6-8-14(12-13)21-3/h6-10,12H,4-5,11H2,1-3H3,(H,17,18,19). The number of benzene rings is 1. The Hall–Kier alpha value is -2.30. The molecule has 0 saturated heterocycles. The third-order valence-corrected chi connectivity index (χ3v) is 3.20. The lowest BCUT2D eigenvalue weighted by Crippen LogP contribution is -2.19. The van der Waals surface area contributed by atoms with Gasteiger partial charge >= 0.3 is 0 Å². The minimum Gasteiger partial charge on any atom is -0.497 e. The SMILES string of the molecule is CCCCN(C)c1ccnc(Nc2cccc(OC)c2)n1. The van der Waals surface area contributed by atoms with E-state index < -0.39 is 0 Å². The maximum absolute atomic E-state index is 5.21. The minimum atomic E-state index is 0.587. The molecule has 0 saturated carbocycles. The Labute approximate surface area is 126 Å². The molecule has 112 valence electrons. The van der Waals surface area contributed by atoms with Crippen molar-refractivity contribution in [2.75, 3.05) is 30.9 Å². The predicted molar refractivity (Wildman–Crippen MR) is 86.5 cm³/mol. The third kappa shape index (κ3) is 4.34. The van der Waals surface area contributed by atoms with Crippen molar-refractivity contribution >= 4 is 17.5 Å². The van der Waals surface area contributed by atoms with Crippen LogP contribution in [0.5, 0.6) is 5.75 Å². The van der Waals surface area contributed by atoms with Crippen LogP contribution in [0.1, 0.15) is 19.8 Å². The Kier molecular flexibility index (Phi) is 5.37. The summed E-state index contributed by atoms with van der Waals surface area (Å²) in [6, 6.07) is 9.63. The summed E-state index contributed by atoms with van der Waals surface area (Å²) in [5.41, 5.74) is 0.905. The Bertz CT molecular complexity index is 574. The van der Waals surface area contributed by atoms with Crippen molar-refractivity contribution in [1.82, 2.24) is 9.97 Å². The van der Waals surface area contributed by atoms with Gasteiger partial charge in [0.1, 0.15) is 11.6 Å². The summed E-state index contributed by atoms with van der Waals surface area (Å²) in [6.45, 7) is 3.18. The Morgan fingerprint density at radius 2 is 2.14 bits per heavy atom. The normalized spacial score (nSPS) is 10.2. The highest BCUT2D eigenvalue weighted by Gasteiger charge is 2.05. The van der Waals surface area contributed by atoms with Gasteiger partial charge in [0.15, 0.2) is 0 Å². The molecule has 21 heavy (non-hydrogen) atoms. The summed E-state index contributed by atoms with van der Waals surface area (Å²) < 4.78 is 5.21. The first kappa shape index (κ1) is 15.1. The van der Waals surface area contributed by atoms with Gasteiger partial charge in [-0.1, -0.05) is 19.4 Å². The van der Waals surface area contributed by atoms with Gasteiger partial charge in [0.2, 0.25) is 5.95 Å². The quantitative estimate of drug-likeness (QED) is 0.844. The first-order valence-electron chi connectivity index (χ1n) is 7.18. The first-order chi connectivity index (χ1) is 10.2. The molecule has 2 rings (SSSR count). The topological polar surface area (TPSA) is 50.3 Å². The fourth-order valence-electron chi connectivity index (χ4n) is 1.96. The van der Waals surface area contributed by atoms with Crippen LogP contribution in [0, 0.1) is 0 Å². The molecular formula is C16H22N4O. The fourth-order valence-corrected chi connectivity index (χ4v) is 1.96. The van der Waals surface area contributed by atoms with Crippen molar-refractivity contribution in [2.45, 2.75) is 19.8 Å². The van der Waals surface area contributed by atoms with E-state index in [1.807, 2.05) is 37.4 Å². The van der Waals surface area contributed by atoms with E-state index in [-0.39, 0.29) is 0 Å². The van der Waals surface area contributed by atoms with Gasteiger partial charge in [0.05, 0.1) is 7.11 Å². The van der Waals surface area contributed by atoms with Gasteiger partial charge in [-0.2, -0.15) is 4.98 Å². The van der Waals surface area contributed by atoms with Crippen molar-refractivity contribution < 1.29 is 4.74 Å². The van der Waals surface area contributed by atoms with E-state index in [1.54, 1.807) is 13.3 Å². The van der Waals surface area contributed by atoms with E-state index in [2.05, 4.69) is 27.1 Å². The maximum atomic E-state index is 5.21. The van der Waals surface area contributed by atoms with Crippen LogP contribution in [0.15, 0.2) is 36.5 Å². The second kappa shape index (κ2) is 7.47. The van der Waals surface area contributed by atoms with Crippen LogP contribution < -0.4 is 15.0 Å². The summed E-state index contributed by atoms with van der Waals surface area (Å²) in [6.07, 6.45) is 4.09. The van der Waals surface area contributed by atoms with Crippen LogP contribution in [0.3, 0.4) is 0 Å². The molecule has 0 unspecified atom stereocenters. The van der Waals surface area contributed by atoms with E-state index in [0.29, 0.717) is 5.95 Å². The number of nitrogens with zero attached hydrogens (tertiary/aromatic N) is 3. The fraction of sp³-hybridized carbons (Fsp3) is 0.375. The summed E-state index contributed by atoms with van der Waals surface area (Å²) >= 11 is 0. The zero-order valence-corrected chi connectivity index (χ0v) is 12.8. The van der Waals surface area contributed by atoms with Crippen LogP contribution in [0.2, 0.25) is 0 Å². The molecule has 1 heterocycles. The molecule has 0 atom stereocenters. The molecule has 0 aliphatic rings. The van der Waals surface area contributed by atoms with Gasteiger partial charge in [0.25, 0.3) is 0 Å². The Morgan fingerprint density at radius 1 is 1.29 bits per heavy atom. The predicted octanol–water partition coefficient (Wildman–Crippen LogP) is 3.47. The number of methoxy groups -OCH3 is 1. The molecule has 5 heteroatoms. The van der Waals surface area contributed by atoms with Gasteiger partial charge in [-0.15, -0.1) is 0 Å². The minimum absolute atomic E-state index is 0.587. The van der Waals surface area contributed by atoms with Gasteiger partial charge in [-0.3, -0.25) is 0 Å². The number of nitrogens with one attached hydrogen (secondary N) is 1. The average molecular weight is 286 g/mol. The number of aromatic nitrogens is 2. The first-order valence-corrected chi connectivity index (χ1v) is 7.18. The largest absolute Gasteiger partial charge is 0.497 e. The highest BCUT2D eigenvalue weighted by Crippen LogP contribution is 2.20. The molecule has 0 amide bonds. The lowest BCUT2D eigenvalue weighted by atomic mass is 10.3. The van der Waals surface area contributed by atoms with Gasteiger partial charge < -0.3 is 15.0 Å². The Balaban J connectivity index is 2.09. The number of rotatable bonds is 7. The van der Waals surface area contributed by atoms with E-state index in [0.717, 1.165) is 30.2 Å². The van der Waals surface area contributed by atoms with Crippen molar-refractivity contribution in [3.05, 3.63) is 36.5 Å². The zero-order chi connectivity index (χ0) is 15.1. The second-order valence-corrected chi connectivity index (χ2v) is 4.87. The average Bonchev–Trinajstić information content (AvgIpc) is 2.53. The van der Waals surface area contributed by atoms with Crippen LogP contribution >= 0.6 is 0 Å². The molecular weight excluding hydrogens is 264 g/mol. The molecule has 0 radical (unpaired) electrons. The van der Waals surface area contributed by atoms with E-state index in [4.69, 9.17) is 4.74 Å². The summed E-state index contributed by atoms with van der Waals surface area (Å²) in [5.74, 6) is 2.31. The van der Waals surface area contributed by atoms with E-state index in [1.165, 1.54) is 6.42 Å². The lowest BCUT2D eigenvalue weighted by molar-refractivity contribution is 0.415. The number of hydrogen-bond donors (Lipinski definition) is 1. The molecule has 0 spiro atoms. The number of hydrogen-bond acceptors (Lipinski definition) is 5. The molecule has 1 aromatic carbocycles. The molecule has 5 nitrogen and oxygen atoms in total. The van der Waals surface area contributed by atoms with Gasteiger partial charge in [0, 0.05) is 31.5 Å². The van der Waals surface area contributed by atoms with Crippen LogP contribution in [-0.4, -0.2) is 30.7 Å². The Morgan fingerprint density at radius 3 is 2.90 bits per heavy atom. The monoisotopic (exact) mass is 286 g/mol. The van der Waals surface area contributed by atoms with Gasteiger partial charge in [-0.25, -0.2) is 4.98 Å². The van der Waals surface area contributed by atoms with Crippen LogP contribution in [-0.2, 0) is 0 Å². The summed E-state index contributed by atoms with van der Waals surface area (Å²) in [4.78, 5) is 10.9. The van der Waals surface area contributed by atoms with Crippen LogP contribution in [0.4, 0.5) is 17.5 Å². The molecule has 1 N–H and O–H groups in total. The third-order valence-electron chi connectivity index (χ3n) is 3.20. The molecule has 0 aliphatic heterocycles. The number of ether oxygens (including phenoxy) is 1. The van der Waals surface area contributed by atoms with Crippen LogP contribution in [0.25, 0.3) is 0 Å².